The summed E-state index contributed by atoms with van der Waals surface area (Å²) < 4.78 is 10.8. The zero-order chi connectivity index (χ0) is 34.0. The highest BCUT2D eigenvalue weighted by Gasteiger charge is 2.69. The van der Waals surface area contributed by atoms with Crippen LogP contribution < -0.4 is 19.8 Å². The van der Waals surface area contributed by atoms with Gasteiger partial charge in [0.05, 0.1) is 34.7 Å². The number of anilines is 2. The minimum absolute atomic E-state index is 0.0115. The Morgan fingerprint density at radius 1 is 0.939 bits per heavy atom. The summed E-state index contributed by atoms with van der Waals surface area (Å²) in [5, 5.41) is 4.20. The second kappa shape index (κ2) is 12.5. The molecule has 49 heavy (non-hydrogen) atoms. The molecule has 1 saturated heterocycles. The van der Waals surface area contributed by atoms with Crippen LogP contribution in [0.15, 0.2) is 82.6 Å². The Kier molecular flexibility index (Phi) is 8.12. The standard InChI is InChI=1S/C36H30ClN3O7S2/c1-2-46-35(44)18-3-9-20(10-4-18)38-25(41)16-47-22-13-5-17(6-14-22)26-27-23-15-24(30(27)48-32-31(26)49-36(45)39-32)29-28(23)33(42)40(34(29)43)21-11-7-19(37)8-12-21/h3-14,23-24,26-30H,2,15-16H2,1H3,(H,38,41)(H,39,45)/t23-,24-,26-,27?,28?,29?,30?/m1/s1. The number of thiazole rings is 1. The van der Waals surface area contributed by atoms with Crippen LogP contribution in [-0.2, 0) is 19.1 Å². The topological polar surface area (TPSA) is 135 Å². The molecular weight excluding hydrogens is 686 g/mol. The number of thioether (sulfide) groups is 1. The number of rotatable bonds is 8. The number of ether oxygens (including phenoxy) is 2. The Morgan fingerprint density at radius 3 is 2.33 bits per heavy atom. The first-order chi connectivity index (χ1) is 23.7. The number of hydrogen-bond donors (Lipinski definition) is 2. The lowest BCUT2D eigenvalue weighted by molar-refractivity contribution is -0.123. The summed E-state index contributed by atoms with van der Waals surface area (Å²) in [7, 11) is 0. The third-order valence-corrected chi connectivity index (χ3v) is 12.9. The first kappa shape index (κ1) is 31.9. The number of hydrogen-bond acceptors (Lipinski definition) is 9. The van der Waals surface area contributed by atoms with E-state index in [1.165, 1.54) is 16.2 Å². The number of carbonyl (C=O) groups is 4. The van der Waals surface area contributed by atoms with Gasteiger partial charge in [-0.05, 0) is 97.3 Å². The molecule has 8 rings (SSSR count). The number of nitrogens with one attached hydrogen (secondary N) is 2. The highest BCUT2D eigenvalue weighted by atomic mass is 35.5. The average molecular weight is 716 g/mol. The highest BCUT2D eigenvalue weighted by Crippen LogP contribution is 2.68. The van der Waals surface area contributed by atoms with Crippen molar-refractivity contribution in [3.63, 3.8) is 0 Å². The summed E-state index contributed by atoms with van der Waals surface area (Å²) >= 11 is 8.93. The number of esters is 1. The fourth-order valence-electron chi connectivity index (χ4n) is 8.26. The molecule has 10 nitrogen and oxygen atoms in total. The zero-order valence-electron chi connectivity index (χ0n) is 26.1. The Morgan fingerprint density at radius 2 is 1.63 bits per heavy atom. The number of fused-ring (bicyclic) bond motifs is 9. The minimum atomic E-state index is -0.427. The lowest BCUT2D eigenvalue weighted by Gasteiger charge is -2.43. The van der Waals surface area contributed by atoms with Crippen LogP contribution in [0.5, 0.6) is 5.75 Å². The number of carbonyl (C=O) groups excluding carboxylic acids is 4. The molecule has 13 heteroatoms. The molecular formula is C36H30ClN3O7S2. The Bertz CT molecular complexity index is 2030. The molecule has 2 aliphatic heterocycles. The lowest BCUT2D eigenvalue weighted by atomic mass is 9.68. The van der Waals surface area contributed by atoms with Crippen LogP contribution in [0.25, 0.3) is 0 Å². The van der Waals surface area contributed by atoms with Gasteiger partial charge in [0.15, 0.2) is 6.61 Å². The van der Waals surface area contributed by atoms with Gasteiger partial charge in [0.25, 0.3) is 5.91 Å². The smallest absolute Gasteiger partial charge is 0.338 e. The van der Waals surface area contributed by atoms with Crippen molar-refractivity contribution in [2.24, 2.45) is 29.6 Å². The fourth-order valence-corrected chi connectivity index (χ4v) is 11.3. The fraction of sp³-hybridized carbons (Fsp3) is 0.306. The normalized spacial score (nSPS) is 26.2. The van der Waals surface area contributed by atoms with Gasteiger partial charge in [-0.1, -0.05) is 35.1 Å². The van der Waals surface area contributed by atoms with E-state index in [-0.39, 0.29) is 70.6 Å². The summed E-state index contributed by atoms with van der Waals surface area (Å²) in [6.45, 7) is 1.79. The van der Waals surface area contributed by atoms with E-state index >= 15 is 0 Å². The molecule has 3 aromatic carbocycles. The third-order valence-electron chi connectivity index (χ3n) is 10.1. The van der Waals surface area contributed by atoms with E-state index in [0.29, 0.717) is 27.7 Å². The summed E-state index contributed by atoms with van der Waals surface area (Å²) in [4.78, 5) is 70.0. The molecule has 4 unspecified atom stereocenters. The van der Waals surface area contributed by atoms with E-state index in [1.54, 1.807) is 67.2 Å². The van der Waals surface area contributed by atoms with E-state index in [9.17, 15) is 24.0 Å². The highest BCUT2D eigenvalue weighted by molar-refractivity contribution is 8.00. The van der Waals surface area contributed by atoms with Crippen molar-refractivity contribution >= 4 is 69.8 Å². The maximum Gasteiger partial charge on any atom is 0.338 e. The number of halogens is 1. The maximum absolute atomic E-state index is 13.9. The number of imide groups is 1. The van der Waals surface area contributed by atoms with Gasteiger partial charge in [-0.25, -0.2) is 4.79 Å². The molecule has 3 fully saturated rings. The van der Waals surface area contributed by atoms with Gasteiger partial charge in [-0.15, -0.1) is 11.8 Å². The molecule has 250 valence electrons. The van der Waals surface area contributed by atoms with Gasteiger partial charge < -0.3 is 19.8 Å². The van der Waals surface area contributed by atoms with Crippen molar-refractivity contribution in [2.75, 3.05) is 23.4 Å². The van der Waals surface area contributed by atoms with Crippen molar-refractivity contribution in [3.8, 4) is 5.75 Å². The van der Waals surface area contributed by atoms with Gasteiger partial charge in [0, 0.05) is 26.8 Å². The number of aromatic amines is 1. The molecule has 2 bridgehead atoms. The average Bonchev–Trinajstić information content (AvgIpc) is 3.84. The molecule has 2 saturated carbocycles. The predicted molar refractivity (Wildman–Crippen MR) is 185 cm³/mol. The Balaban J connectivity index is 0.996. The lowest BCUT2D eigenvalue weighted by Crippen LogP contribution is -2.42. The first-order valence-corrected chi connectivity index (χ1v) is 18.1. The summed E-state index contributed by atoms with van der Waals surface area (Å²) in [5.41, 5.74) is 2.45. The second-order valence-electron chi connectivity index (χ2n) is 12.7. The number of H-pyrrole nitrogens is 1. The molecule has 7 atom stereocenters. The summed E-state index contributed by atoms with van der Waals surface area (Å²) in [6, 6.07) is 20.8. The number of benzene rings is 3. The monoisotopic (exact) mass is 715 g/mol. The van der Waals surface area contributed by atoms with Gasteiger partial charge in [0.2, 0.25) is 11.8 Å². The van der Waals surface area contributed by atoms with E-state index in [0.717, 1.165) is 21.9 Å². The molecule has 1 aromatic heterocycles. The molecule has 0 radical (unpaired) electrons. The SMILES string of the molecule is CCOC(=O)c1ccc(NC(=O)COc2ccc([C@H]3c4sc(=O)[nH]c4SC4C3[C@H]3C[C@@H]4C4C(=O)N(c5ccc(Cl)cc5)C(=O)C43)cc2)cc1. The molecule has 2 N–H and O–H groups in total. The van der Waals surface area contributed by atoms with E-state index in [1.807, 2.05) is 24.3 Å². The molecule has 0 spiro atoms. The van der Waals surface area contributed by atoms with Crippen LogP contribution >= 0.6 is 34.7 Å². The van der Waals surface area contributed by atoms with Gasteiger partial charge in [-0.2, -0.15) is 0 Å². The second-order valence-corrected chi connectivity index (χ2v) is 15.3. The largest absolute Gasteiger partial charge is 0.484 e. The van der Waals surface area contributed by atoms with Crippen molar-refractivity contribution in [2.45, 2.75) is 29.5 Å². The summed E-state index contributed by atoms with van der Waals surface area (Å²) in [6.07, 6.45) is 0.793. The molecule has 3 amide bonds. The molecule has 3 heterocycles. The van der Waals surface area contributed by atoms with Crippen LogP contribution in [0.2, 0.25) is 5.02 Å². The van der Waals surface area contributed by atoms with Crippen LogP contribution in [-0.4, -0.2) is 47.1 Å². The summed E-state index contributed by atoms with van der Waals surface area (Å²) in [5.74, 6) is -1.45. The minimum Gasteiger partial charge on any atom is -0.484 e. The van der Waals surface area contributed by atoms with E-state index in [2.05, 4.69) is 10.3 Å². The van der Waals surface area contributed by atoms with Crippen LogP contribution in [0, 0.1) is 29.6 Å². The van der Waals surface area contributed by atoms with Crippen molar-refractivity contribution in [3.05, 3.63) is 103 Å². The molecule has 4 aliphatic rings. The first-order valence-electron chi connectivity index (χ1n) is 16.0. The maximum atomic E-state index is 13.9. The predicted octanol–water partition coefficient (Wildman–Crippen LogP) is 5.96. The molecule has 4 aromatic rings. The number of amides is 3. The zero-order valence-corrected chi connectivity index (χ0v) is 28.5. The van der Waals surface area contributed by atoms with Crippen LogP contribution in [0.1, 0.15) is 40.1 Å². The van der Waals surface area contributed by atoms with Gasteiger partial charge in [-0.3, -0.25) is 24.1 Å². The van der Waals surface area contributed by atoms with E-state index < -0.39 is 11.9 Å². The third kappa shape index (κ3) is 5.46. The molecule has 2 aliphatic carbocycles. The number of nitrogens with zero attached hydrogens (tertiary/aromatic N) is 1. The van der Waals surface area contributed by atoms with Gasteiger partial charge in [0.1, 0.15) is 5.75 Å². The van der Waals surface area contributed by atoms with Crippen LogP contribution in [0.4, 0.5) is 11.4 Å². The van der Waals surface area contributed by atoms with Crippen molar-refractivity contribution < 1.29 is 28.7 Å². The van der Waals surface area contributed by atoms with E-state index in [4.69, 9.17) is 21.1 Å². The van der Waals surface area contributed by atoms with Gasteiger partial charge >= 0.3 is 10.8 Å². The Labute approximate surface area is 294 Å². The number of aromatic nitrogens is 1. The van der Waals surface area contributed by atoms with Crippen molar-refractivity contribution in [1.29, 1.82) is 0 Å². The quantitative estimate of drug-likeness (QED) is 0.169. The van der Waals surface area contributed by atoms with Crippen molar-refractivity contribution in [1.82, 2.24) is 4.98 Å². The Hall–Kier alpha value is -4.39. The van der Waals surface area contributed by atoms with Crippen LogP contribution in [0.3, 0.4) is 0 Å².